The van der Waals surface area contributed by atoms with E-state index in [2.05, 4.69) is 215 Å². The number of allylic oxidation sites excluding steroid dienone is 4. The highest BCUT2D eigenvalue weighted by atomic mass is 16.5. The smallest absolute Gasteiger partial charge is 0.163 e. The maximum Gasteiger partial charge on any atom is 0.163 e. The summed E-state index contributed by atoms with van der Waals surface area (Å²) in [6, 6.07) is 94.7. The van der Waals surface area contributed by atoms with Gasteiger partial charge in [0.15, 0.2) is 46.6 Å². The lowest BCUT2D eigenvalue weighted by molar-refractivity contribution is 0.434. The Morgan fingerprint density at radius 1 is 0.283 bits per heavy atom. The third-order valence-corrected chi connectivity index (χ3v) is 18.3. The van der Waals surface area contributed by atoms with Gasteiger partial charge in [0.25, 0.3) is 0 Å². The number of benzene rings is 11. The van der Waals surface area contributed by atoms with Crippen LogP contribution in [0.1, 0.15) is 41.4 Å². The van der Waals surface area contributed by atoms with E-state index in [9.17, 15) is 0 Å². The lowest BCUT2D eigenvalue weighted by Gasteiger charge is -2.42. The molecule has 15 aromatic rings. The second kappa shape index (κ2) is 25.8. The molecule has 0 saturated carbocycles. The van der Waals surface area contributed by atoms with Crippen molar-refractivity contribution in [2.45, 2.75) is 18.8 Å². The average Bonchev–Trinajstić information content (AvgIpc) is 0.701. The van der Waals surface area contributed by atoms with Gasteiger partial charge in [0.05, 0.1) is 5.41 Å². The largest absolute Gasteiger partial charge is 0.457 e. The third-order valence-electron chi connectivity index (χ3n) is 18.3. The Hall–Kier alpha value is -13.3. The van der Waals surface area contributed by atoms with Gasteiger partial charge in [0.2, 0.25) is 0 Å². The Morgan fingerprint density at radius 2 is 0.566 bits per heavy atom. The van der Waals surface area contributed by atoms with Gasteiger partial charge in [-0.05, 0) is 146 Å². The highest BCUT2D eigenvalue weighted by Gasteiger charge is 2.46. The van der Waals surface area contributed by atoms with E-state index in [0.29, 0.717) is 52.5 Å². The van der Waals surface area contributed by atoms with Crippen LogP contribution in [0.25, 0.3) is 130 Å². The summed E-state index contributed by atoms with van der Waals surface area (Å²) >= 11 is 0. The zero-order valence-electron chi connectivity index (χ0n) is 53.6. The number of hydrogen-bond acceptors (Lipinski definition) is 13. The summed E-state index contributed by atoms with van der Waals surface area (Å²) in [7, 11) is 0. The molecule has 13 nitrogen and oxygen atoms in total. The van der Waals surface area contributed by atoms with Gasteiger partial charge in [0, 0.05) is 50.1 Å². The molecule has 468 valence electrons. The molecule has 0 radical (unpaired) electrons. The highest BCUT2D eigenvalue weighted by Crippen LogP contribution is 2.57. The van der Waals surface area contributed by atoms with E-state index in [1.54, 1.807) is 25.3 Å². The molecule has 0 bridgehead atoms. The van der Waals surface area contributed by atoms with E-state index in [1.165, 1.54) is 0 Å². The highest BCUT2D eigenvalue weighted by molar-refractivity contribution is 5.85. The standard InChI is InChI=1S/C86H58N12O/c1-55-20-15-31-63(40-55)81-90-54-94-85(98-81)67-35-19-30-62(44-67)71-46-70(61-29-18-34-66(43-61)84-93-53-89-80(97-84)58-25-9-4-10-26-58)49-73(50-71)86(74-36-11-13-38-76(74)99-77-39-14-12-37-75(77)86)72-47-68(59-27-16-32-64(41-59)82-91-51-87-78(95-82)56-21-5-2-6-22-56)45-69(48-72)60-28-17-33-65(42-60)83-92-52-88-79(96-83)57-23-7-3-8-24-57/h2-39,41-55H,40H2,1H3. The molecule has 5 heterocycles. The molecule has 0 spiro atoms. The summed E-state index contributed by atoms with van der Waals surface area (Å²) < 4.78 is 7.09. The molecular weight excluding hydrogens is 1220 g/mol. The summed E-state index contributed by atoms with van der Waals surface area (Å²) in [5.41, 5.74) is 17.6. The lowest BCUT2D eigenvalue weighted by Crippen LogP contribution is -2.34. The van der Waals surface area contributed by atoms with Gasteiger partial charge < -0.3 is 4.74 Å². The molecule has 0 N–H and O–H groups in total. The van der Waals surface area contributed by atoms with Crippen LogP contribution in [0.3, 0.4) is 0 Å². The Labute approximate surface area is 572 Å². The minimum atomic E-state index is -1.09. The molecule has 99 heavy (non-hydrogen) atoms. The van der Waals surface area contributed by atoms with E-state index >= 15 is 0 Å². The van der Waals surface area contributed by atoms with Crippen molar-refractivity contribution in [3.63, 3.8) is 0 Å². The van der Waals surface area contributed by atoms with Crippen molar-refractivity contribution in [3.05, 3.63) is 345 Å². The van der Waals surface area contributed by atoms with Crippen LogP contribution in [0.5, 0.6) is 11.5 Å². The Balaban J connectivity index is 0.911. The first-order valence-corrected chi connectivity index (χ1v) is 32.8. The zero-order valence-corrected chi connectivity index (χ0v) is 53.6. The third kappa shape index (κ3) is 11.7. The minimum Gasteiger partial charge on any atom is -0.457 e. The van der Waals surface area contributed by atoms with Gasteiger partial charge in [-0.3, -0.25) is 0 Å². The van der Waals surface area contributed by atoms with Crippen LogP contribution in [0.4, 0.5) is 0 Å². The number of nitrogens with zero attached hydrogens (tertiary/aromatic N) is 12. The quantitative estimate of drug-likeness (QED) is 0.101. The van der Waals surface area contributed by atoms with Crippen LogP contribution in [-0.4, -0.2) is 59.8 Å². The maximum absolute atomic E-state index is 7.09. The molecule has 17 rings (SSSR count). The van der Waals surface area contributed by atoms with Gasteiger partial charge in [-0.15, -0.1) is 0 Å². The van der Waals surface area contributed by atoms with E-state index in [1.807, 2.05) is 103 Å². The molecular formula is C86H58N12O. The van der Waals surface area contributed by atoms with Crippen LogP contribution in [0, 0.1) is 5.92 Å². The molecule has 0 saturated heterocycles. The first-order valence-electron chi connectivity index (χ1n) is 32.8. The van der Waals surface area contributed by atoms with Crippen molar-refractivity contribution in [2.24, 2.45) is 5.92 Å². The first kappa shape index (κ1) is 59.5. The summed E-state index contributed by atoms with van der Waals surface area (Å²) in [5.74, 6) is 6.51. The van der Waals surface area contributed by atoms with Crippen molar-refractivity contribution in [2.75, 3.05) is 0 Å². The second-order valence-corrected chi connectivity index (χ2v) is 24.7. The molecule has 1 atom stereocenters. The maximum atomic E-state index is 7.09. The minimum absolute atomic E-state index is 0.368. The fourth-order valence-electron chi connectivity index (χ4n) is 13.6. The van der Waals surface area contributed by atoms with Crippen molar-refractivity contribution < 1.29 is 4.74 Å². The van der Waals surface area contributed by atoms with Crippen LogP contribution in [-0.2, 0) is 5.41 Å². The number of rotatable bonds is 14. The molecule has 1 unspecified atom stereocenters. The van der Waals surface area contributed by atoms with Crippen LogP contribution >= 0.6 is 0 Å². The monoisotopic (exact) mass is 1270 g/mol. The van der Waals surface area contributed by atoms with Crippen molar-refractivity contribution >= 4 is 5.57 Å². The number of ether oxygens (including phenoxy) is 1. The second-order valence-electron chi connectivity index (χ2n) is 24.7. The van der Waals surface area contributed by atoms with Gasteiger partial charge in [-0.25, -0.2) is 59.8 Å². The van der Waals surface area contributed by atoms with Gasteiger partial charge in [-0.2, -0.15) is 0 Å². The molecule has 1 aliphatic heterocycles. The predicted molar refractivity (Wildman–Crippen MR) is 389 cm³/mol. The summed E-state index contributed by atoms with van der Waals surface area (Å²) in [6.45, 7) is 2.21. The number of hydrogen-bond donors (Lipinski definition) is 0. The van der Waals surface area contributed by atoms with Gasteiger partial charge in [-0.1, -0.05) is 225 Å². The number of aromatic nitrogens is 12. The molecule has 1 aliphatic carbocycles. The number of para-hydroxylation sites is 2. The van der Waals surface area contributed by atoms with Crippen LogP contribution in [0.2, 0.25) is 0 Å². The van der Waals surface area contributed by atoms with E-state index < -0.39 is 5.41 Å². The molecule has 0 amide bonds. The van der Waals surface area contributed by atoms with Crippen LogP contribution < -0.4 is 4.74 Å². The summed E-state index contributed by atoms with van der Waals surface area (Å²) in [6.07, 6.45) is 13.6. The molecule has 2 aliphatic rings. The fraction of sp³-hybridized carbons (Fsp3) is 0.0465. The first-order chi connectivity index (χ1) is 48.9. The van der Waals surface area contributed by atoms with Crippen molar-refractivity contribution in [1.29, 1.82) is 0 Å². The zero-order chi connectivity index (χ0) is 66.1. The Morgan fingerprint density at radius 3 is 0.919 bits per heavy atom. The SMILES string of the molecule is CC1C=CC=C(c2ncnc(-c3cccc(-c4cc(-c5cccc(-c6ncnc(-c7ccccc7)n6)c5)cc(C5(c6cc(-c7cccc(-c8ncnc(-c9ccccc9)n8)c7)cc(-c7cccc(-c8ncnc(-c9ccccc9)n8)c7)c6)c6ccccc6Oc6ccccc65)c4)c3)n2)C1. The summed E-state index contributed by atoms with van der Waals surface area (Å²) in [5, 5.41) is 0. The van der Waals surface area contributed by atoms with E-state index in [-0.39, 0.29) is 0 Å². The Bertz CT molecular complexity index is 5440. The number of fused-ring (bicyclic) bond motifs is 2. The van der Waals surface area contributed by atoms with Crippen molar-refractivity contribution in [1.82, 2.24) is 59.8 Å². The lowest BCUT2D eigenvalue weighted by atomic mass is 9.62. The predicted octanol–water partition coefficient (Wildman–Crippen LogP) is 19.2. The average molecular weight is 1280 g/mol. The van der Waals surface area contributed by atoms with Gasteiger partial charge >= 0.3 is 0 Å². The van der Waals surface area contributed by atoms with E-state index in [4.69, 9.17) is 44.6 Å². The van der Waals surface area contributed by atoms with Crippen molar-refractivity contribution in [3.8, 4) is 136 Å². The normalized spacial score (nSPS) is 13.5. The van der Waals surface area contributed by atoms with Crippen LogP contribution in [0.15, 0.2) is 317 Å². The molecule has 0 fully saturated rings. The van der Waals surface area contributed by atoms with Gasteiger partial charge in [0.1, 0.15) is 36.8 Å². The van der Waals surface area contributed by atoms with E-state index in [0.717, 1.165) is 129 Å². The topological polar surface area (TPSA) is 164 Å². The Kier molecular flexibility index (Phi) is 15.5. The molecule has 4 aromatic heterocycles. The molecule has 13 heteroatoms. The fourth-order valence-corrected chi connectivity index (χ4v) is 13.6. The molecule has 11 aromatic carbocycles. The summed E-state index contributed by atoms with van der Waals surface area (Å²) in [4.78, 5) is 57.9.